The van der Waals surface area contributed by atoms with Crippen LogP contribution >= 0.6 is 0 Å². The quantitative estimate of drug-likeness (QED) is 0.128. The molecule has 73 heavy (non-hydrogen) atoms. The molecule has 0 aliphatic carbocycles. The summed E-state index contributed by atoms with van der Waals surface area (Å²) < 4.78 is 2.43. The van der Waals surface area contributed by atoms with Crippen LogP contribution in [0.25, 0.3) is 82.8 Å². The molecular formula is C70H49N3. The summed E-state index contributed by atoms with van der Waals surface area (Å²) in [6, 6.07) is 107. The highest BCUT2D eigenvalue weighted by molar-refractivity contribution is 6.12. The first-order valence-corrected chi connectivity index (χ1v) is 25.0. The summed E-state index contributed by atoms with van der Waals surface area (Å²) in [5.74, 6) is 0. The van der Waals surface area contributed by atoms with Crippen LogP contribution in [-0.4, -0.2) is 4.57 Å². The Labute approximate surface area is 426 Å². The minimum Gasteiger partial charge on any atom is -0.311 e. The van der Waals surface area contributed by atoms with E-state index in [1.165, 1.54) is 77.1 Å². The maximum atomic E-state index is 2.43. The van der Waals surface area contributed by atoms with Crippen LogP contribution < -0.4 is 9.80 Å². The van der Waals surface area contributed by atoms with Crippen LogP contribution in [0.3, 0.4) is 0 Å². The molecule has 0 spiro atoms. The van der Waals surface area contributed by atoms with Gasteiger partial charge in [-0.3, -0.25) is 0 Å². The van der Waals surface area contributed by atoms with Gasteiger partial charge in [-0.2, -0.15) is 0 Å². The number of fused-ring (bicyclic) bond motifs is 4. The highest BCUT2D eigenvalue weighted by atomic mass is 15.1. The summed E-state index contributed by atoms with van der Waals surface area (Å²) in [5, 5.41) is 4.90. The second-order valence-corrected chi connectivity index (χ2v) is 18.6. The van der Waals surface area contributed by atoms with Gasteiger partial charge in [0.25, 0.3) is 0 Å². The Morgan fingerprint density at radius 3 is 0.863 bits per heavy atom. The summed E-state index contributed by atoms with van der Waals surface area (Å²) in [6.07, 6.45) is 0. The van der Waals surface area contributed by atoms with Gasteiger partial charge >= 0.3 is 0 Å². The minimum absolute atomic E-state index is 1.12. The Balaban J connectivity index is 0.826. The van der Waals surface area contributed by atoms with Crippen molar-refractivity contribution in [1.82, 2.24) is 4.57 Å². The van der Waals surface area contributed by atoms with Gasteiger partial charge in [0.05, 0.1) is 11.0 Å². The Morgan fingerprint density at radius 1 is 0.205 bits per heavy atom. The molecule has 1 aromatic heterocycles. The monoisotopic (exact) mass is 931 g/mol. The van der Waals surface area contributed by atoms with Crippen molar-refractivity contribution in [1.29, 1.82) is 0 Å². The zero-order valence-corrected chi connectivity index (χ0v) is 40.1. The number of nitrogens with zero attached hydrogens (tertiary/aromatic N) is 3. The molecule has 0 radical (unpaired) electrons. The van der Waals surface area contributed by atoms with Crippen molar-refractivity contribution in [3.8, 4) is 50.2 Å². The molecule has 0 N–H and O–H groups in total. The number of hydrogen-bond acceptors (Lipinski definition) is 2. The number of anilines is 6. The largest absolute Gasteiger partial charge is 0.311 e. The second kappa shape index (κ2) is 18.9. The Hall–Kier alpha value is -9.70. The Kier molecular flexibility index (Phi) is 11.2. The molecule has 0 aliphatic rings. The SMILES string of the molecule is c1ccc(N(c2ccccc2)c2ccc(-c3ccc(-c4ccc5c(c4)c4cc(-c6ccc(-c7ccc(N(c8ccccc8)c8ccccc8)cc7)cc6)ccc4n5-c4ccc5ccccc5c4)cc3)cc2)cc1. The number of para-hydroxylation sites is 4. The summed E-state index contributed by atoms with van der Waals surface area (Å²) >= 11 is 0. The van der Waals surface area contributed by atoms with Crippen LogP contribution in [0.4, 0.5) is 34.1 Å². The predicted molar refractivity (Wildman–Crippen MR) is 309 cm³/mol. The maximum absolute atomic E-state index is 2.43. The molecule has 0 fully saturated rings. The summed E-state index contributed by atoms with van der Waals surface area (Å²) in [7, 11) is 0. The van der Waals surface area contributed by atoms with Gasteiger partial charge in [-0.05, 0) is 164 Å². The Morgan fingerprint density at radius 2 is 0.493 bits per heavy atom. The van der Waals surface area contributed by atoms with Crippen LogP contribution in [-0.2, 0) is 0 Å². The van der Waals surface area contributed by atoms with E-state index in [2.05, 4.69) is 312 Å². The van der Waals surface area contributed by atoms with Crippen molar-refractivity contribution in [2.75, 3.05) is 9.80 Å². The molecule has 13 rings (SSSR count). The smallest absolute Gasteiger partial charge is 0.0541 e. The first-order valence-electron chi connectivity index (χ1n) is 25.0. The lowest BCUT2D eigenvalue weighted by Crippen LogP contribution is -2.09. The molecule has 3 nitrogen and oxygen atoms in total. The number of aromatic nitrogens is 1. The van der Waals surface area contributed by atoms with Gasteiger partial charge in [-0.1, -0.05) is 188 Å². The molecule has 3 heteroatoms. The number of rotatable bonds is 11. The topological polar surface area (TPSA) is 11.4 Å². The molecule has 0 bridgehead atoms. The number of benzene rings is 12. The lowest BCUT2D eigenvalue weighted by molar-refractivity contribution is 1.19. The van der Waals surface area contributed by atoms with Gasteiger partial charge in [-0.15, -0.1) is 0 Å². The van der Waals surface area contributed by atoms with Crippen molar-refractivity contribution in [3.05, 3.63) is 297 Å². The third-order valence-electron chi connectivity index (χ3n) is 14.2. The van der Waals surface area contributed by atoms with E-state index < -0.39 is 0 Å². The van der Waals surface area contributed by atoms with E-state index in [1.54, 1.807) is 0 Å². The molecule has 0 saturated carbocycles. The van der Waals surface area contributed by atoms with E-state index in [0.29, 0.717) is 0 Å². The van der Waals surface area contributed by atoms with Crippen LogP contribution in [0.2, 0.25) is 0 Å². The van der Waals surface area contributed by atoms with Gasteiger partial charge in [0.2, 0.25) is 0 Å². The van der Waals surface area contributed by atoms with Crippen LogP contribution in [0.1, 0.15) is 0 Å². The van der Waals surface area contributed by atoms with Gasteiger partial charge in [-0.25, -0.2) is 0 Å². The van der Waals surface area contributed by atoms with E-state index in [1.807, 2.05) is 0 Å². The van der Waals surface area contributed by atoms with E-state index in [4.69, 9.17) is 0 Å². The lowest BCUT2D eigenvalue weighted by Gasteiger charge is -2.25. The normalized spacial score (nSPS) is 11.3. The molecule has 0 atom stereocenters. The highest BCUT2D eigenvalue weighted by Gasteiger charge is 2.17. The van der Waals surface area contributed by atoms with Crippen molar-refractivity contribution < 1.29 is 0 Å². The summed E-state index contributed by atoms with van der Waals surface area (Å²) in [5.41, 5.74) is 19.7. The first-order chi connectivity index (χ1) is 36.2. The zero-order chi connectivity index (χ0) is 48.5. The van der Waals surface area contributed by atoms with Gasteiger partial charge in [0.1, 0.15) is 0 Å². The van der Waals surface area contributed by atoms with E-state index in [0.717, 1.165) is 39.8 Å². The lowest BCUT2D eigenvalue weighted by atomic mass is 9.97. The number of hydrogen-bond donors (Lipinski definition) is 0. The maximum Gasteiger partial charge on any atom is 0.0541 e. The molecule has 0 aliphatic heterocycles. The van der Waals surface area contributed by atoms with E-state index in [9.17, 15) is 0 Å². The van der Waals surface area contributed by atoms with Crippen LogP contribution in [0.15, 0.2) is 297 Å². The van der Waals surface area contributed by atoms with Gasteiger partial charge in [0, 0.05) is 50.6 Å². The van der Waals surface area contributed by atoms with E-state index in [-0.39, 0.29) is 0 Å². The third kappa shape index (κ3) is 8.39. The average molecular weight is 932 g/mol. The van der Waals surface area contributed by atoms with Crippen molar-refractivity contribution in [2.24, 2.45) is 0 Å². The predicted octanol–water partition coefficient (Wildman–Crippen LogP) is 19.5. The van der Waals surface area contributed by atoms with Crippen molar-refractivity contribution >= 4 is 66.7 Å². The van der Waals surface area contributed by atoms with Crippen molar-refractivity contribution in [2.45, 2.75) is 0 Å². The second-order valence-electron chi connectivity index (χ2n) is 18.6. The third-order valence-corrected chi connectivity index (χ3v) is 14.2. The molecule has 13 aromatic rings. The first kappa shape index (κ1) is 43.3. The fourth-order valence-electron chi connectivity index (χ4n) is 10.5. The molecule has 12 aromatic carbocycles. The minimum atomic E-state index is 1.12. The molecular weight excluding hydrogens is 883 g/mol. The summed E-state index contributed by atoms with van der Waals surface area (Å²) in [4.78, 5) is 4.60. The average Bonchev–Trinajstić information content (AvgIpc) is 3.80. The van der Waals surface area contributed by atoms with Gasteiger partial charge < -0.3 is 14.4 Å². The van der Waals surface area contributed by atoms with Crippen LogP contribution in [0.5, 0.6) is 0 Å². The van der Waals surface area contributed by atoms with Gasteiger partial charge in [0.15, 0.2) is 0 Å². The fraction of sp³-hybridized carbons (Fsp3) is 0. The standard InChI is InChI=1S/C70H49N3/c1-5-17-60(18-6-1)71(61-19-7-2-8-20-61)64-40-33-53(34-41-64)51-25-29-55(30-26-51)58-38-45-69-67(48-58)68-49-59(39-46-70(68)73(69)66-44-37-50-15-13-14-16-57(50)47-66)56-31-27-52(28-32-56)54-35-42-65(43-36-54)72(62-21-9-3-10-22-62)63-23-11-4-12-24-63/h1-49H. The van der Waals surface area contributed by atoms with E-state index >= 15 is 0 Å². The molecule has 0 unspecified atom stereocenters. The molecule has 0 amide bonds. The van der Waals surface area contributed by atoms with Crippen LogP contribution in [0, 0.1) is 0 Å². The molecule has 344 valence electrons. The zero-order valence-electron chi connectivity index (χ0n) is 40.1. The highest BCUT2D eigenvalue weighted by Crippen LogP contribution is 2.41. The Bertz CT molecular complexity index is 3710. The fourth-order valence-corrected chi connectivity index (χ4v) is 10.5. The molecule has 0 saturated heterocycles. The summed E-state index contributed by atoms with van der Waals surface area (Å²) in [6.45, 7) is 0. The van der Waals surface area contributed by atoms with Crippen molar-refractivity contribution in [3.63, 3.8) is 0 Å². The molecule has 1 heterocycles.